The second-order valence-electron chi connectivity index (χ2n) is 4.65. The molecule has 0 aliphatic heterocycles. The van der Waals surface area contributed by atoms with Gasteiger partial charge in [0.2, 0.25) is 0 Å². The molecular formula is C13H15ClN2O3. The number of carbonyl (C=O) groups excluding carboxylic acids is 1. The first-order valence-corrected chi connectivity index (χ1v) is 6.48. The molecule has 1 aromatic rings. The summed E-state index contributed by atoms with van der Waals surface area (Å²) in [5.41, 5.74) is 0.609. The zero-order valence-corrected chi connectivity index (χ0v) is 11.0. The van der Waals surface area contributed by atoms with Crippen LogP contribution in [-0.2, 0) is 4.79 Å². The van der Waals surface area contributed by atoms with Crippen molar-refractivity contribution in [3.8, 4) is 0 Å². The Morgan fingerprint density at radius 2 is 2.11 bits per heavy atom. The van der Waals surface area contributed by atoms with Gasteiger partial charge in [0.25, 0.3) is 0 Å². The molecule has 1 aliphatic carbocycles. The van der Waals surface area contributed by atoms with E-state index in [0.717, 1.165) is 0 Å². The summed E-state index contributed by atoms with van der Waals surface area (Å²) in [6.45, 7) is 0. The van der Waals surface area contributed by atoms with Gasteiger partial charge in [0.05, 0.1) is 5.92 Å². The van der Waals surface area contributed by atoms with Gasteiger partial charge in [-0.2, -0.15) is 0 Å². The van der Waals surface area contributed by atoms with Crippen LogP contribution in [-0.4, -0.2) is 23.1 Å². The van der Waals surface area contributed by atoms with Gasteiger partial charge in [0.15, 0.2) is 0 Å². The maximum Gasteiger partial charge on any atom is 0.319 e. The number of hydrogen-bond acceptors (Lipinski definition) is 2. The molecule has 0 bridgehead atoms. The Hall–Kier alpha value is -1.75. The van der Waals surface area contributed by atoms with Gasteiger partial charge >= 0.3 is 12.0 Å². The molecule has 6 heteroatoms. The summed E-state index contributed by atoms with van der Waals surface area (Å²) in [5.74, 6) is -1.14. The number of nitrogens with one attached hydrogen (secondary N) is 2. The number of benzene rings is 1. The Morgan fingerprint density at radius 3 is 2.74 bits per heavy atom. The molecule has 3 N–H and O–H groups in total. The highest BCUT2D eigenvalue weighted by atomic mass is 35.5. The third kappa shape index (κ3) is 3.86. The first-order valence-electron chi connectivity index (χ1n) is 6.10. The van der Waals surface area contributed by atoms with Gasteiger partial charge in [-0.25, -0.2) is 4.79 Å². The molecule has 0 spiro atoms. The van der Waals surface area contributed by atoms with E-state index in [1.807, 2.05) is 0 Å². The molecular weight excluding hydrogens is 268 g/mol. The Morgan fingerprint density at radius 1 is 1.32 bits per heavy atom. The number of amides is 2. The smallest absolute Gasteiger partial charge is 0.319 e. The van der Waals surface area contributed by atoms with E-state index in [2.05, 4.69) is 10.6 Å². The molecule has 2 unspecified atom stereocenters. The fourth-order valence-corrected chi connectivity index (χ4v) is 2.45. The third-order valence-corrected chi connectivity index (χ3v) is 3.43. The molecule has 19 heavy (non-hydrogen) atoms. The fraction of sp³-hybridized carbons (Fsp3) is 0.385. The highest BCUT2D eigenvalue weighted by Gasteiger charge is 2.30. The van der Waals surface area contributed by atoms with Crippen molar-refractivity contribution in [1.29, 1.82) is 0 Å². The van der Waals surface area contributed by atoms with Crippen LogP contribution in [0.5, 0.6) is 0 Å². The lowest BCUT2D eigenvalue weighted by molar-refractivity contribution is -0.141. The van der Waals surface area contributed by atoms with E-state index >= 15 is 0 Å². The van der Waals surface area contributed by atoms with E-state index < -0.39 is 5.97 Å². The molecule has 2 atom stereocenters. The lowest BCUT2D eigenvalue weighted by Crippen LogP contribution is -2.36. The topological polar surface area (TPSA) is 78.4 Å². The van der Waals surface area contributed by atoms with Gasteiger partial charge in [0.1, 0.15) is 0 Å². The van der Waals surface area contributed by atoms with E-state index in [1.165, 1.54) is 0 Å². The van der Waals surface area contributed by atoms with E-state index in [4.69, 9.17) is 16.7 Å². The molecule has 0 radical (unpaired) electrons. The number of carboxylic acid groups (broad SMARTS) is 1. The summed E-state index contributed by atoms with van der Waals surface area (Å²) in [4.78, 5) is 22.6. The Kier molecular flexibility index (Phi) is 4.27. The van der Waals surface area contributed by atoms with Crippen LogP contribution in [0.15, 0.2) is 24.3 Å². The standard InChI is InChI=1S/C13H15ClN2O3/c14-9-2-1-3-10(7-9)15-13(19)16-11-5-4-8(6-11)12(17)18/h1-3,7-8,11H,4-6H2,(H,17,18)(H2,15,16,19). The number of anilines is 1. The predicted molar refractivity (Wildman–Crippen MR) is 72.4 cm³/mol. The number of rotatable bonds is 3. The second kappa shape index (κ2) is 5.93. The minimum Gasteiger partial charge on any atom is -0.481 e. The molecule has 0 aromatic heterocycles. The molecule has 1 aliphatic rings. The van der Waals surface area contributed by atoms with Crippen LogP contribution in [0.2, 0.25) is 5.02 Å². The Labute approximate surface area is 116 Å². The summed E-state index contributed by atoms with van der Waals surface area (Å²) in [7, 11) is 0. The normalized spacial score (nSPS) is 21.9. The third-order valence-electron chi connectivity index (χ3n) is 3.20. The minimum atomic E-state index is -0.792. The quantitative estimate of drug-likeness (QED) is 0.797. The van der Waals surface area contributed by atoms with Crippen LogP contribution in [0.25, 0.3) is 0 Å². The molecule has 0 saturated heterocycles. The van der Waals surface area contributed by atoms with Gasteiger partial charge in [-0.05, 0) is 37.5 Å². The number of carbonyl (C=O) groups is 2. The number of hydrogen-bond donors (Lipinski definition) is 3. The molecule has 1 aromatic carbocycles. The highest BCUT2D eigenvalue weighted by Crippen LogP contribution is 2.25. The van der Waals surface area contributed by atoms with Gasteiger partial charge in [0, 0.05) is 16.8 Å². The maximum atomic E-state index is 11.7. The minimum absolute atomic E-state index is 0.0831. The molecule has 1 fully saturated rings. The van der Waals surface area contributed by atoms with E-state index in [-0.39, 0.29) is 18.0 Å². The summed E-state index contributed by atoms with van der Waals surface area (Å²) >= 11 is 5.82. The highest BCUT2D eigenvalue weighted by molar-refractivity contribution is 6.30. The second-order valence-corrected chi connectivity index (χ2v) is 5.09. The van der Waals surface area contributed by atoms with Crippen molar-refractivity contribution in [3.63, 3.8) is 0 Å². The predicted octanol–water partition coefficient (Wildman–Crippen LogP) is 2.71. The average molecular weight is 283 g/mol. The summed E-state index contributed by atoms with van der Waals surface area (Å²) in [6, 6.07) is 6.43. The van der Waals surface area contributed by atoms with Crippen molar-refractivity contribution < 1.29 is 14.7 Å². The van der Waals surface area contributed by atoms with Crippen molar-refractivity contribution >= 4 is 29.3 Å². The molecule has 2 amide bonds. The van der Waals surface area contributed by atoms with Crippen molar-refractivity contribution in [3.05, 3.63) is 29.3 Å². The number of carboxylic acids is 1. The zero-order valence-electron chi connectivity index (χ0n) is 10.2. The summed E-state index contributed by atoms with van der Waals surface area (Å²) < 4.78 is 0. The molecule has 5 nitrogen and oxygen atoms in total. The molecule has 2 rings (SSSR count). The van der Waals surface area contributed by atoms with E-state index in [9.17, 15) is 9.59 Å². The first kappa shape index (κ1) is 13.7. The summed E-state index contributed by atoms with van der Waals surface area (Å²) in [5, 5.41) is 14.9. The van der Waals surface area contributed by atoms with E-state index in [0.29, 0.717) is 30.0 Å². The number of halogens is 1. The lowest BCUT2D eigenvalue weighted by atomic mass is 10.1. The van der Waals surface area contributed by atoms with Crippen molar-refractivity contribution in [2.24, 2.45) is 5.92 Å². The van der Waals surface area contributed by atoms with Gasteiger partial charge in [-0.3, -0.25) is 4.79 Å². The van der Waals surface area contributed by atoms with Gasteiger partial charge in [-0.1, -0.05) is 17.7 Å². The van der Waals surface area contributed by atoms with Crippen LogP contribution in [0, 0.1) is 5.92 Å². The van der Waals surface area contributed by atoms with Crippen molar-refractivity contribution in [2.75, 3.05) is 5.32 Å². The number of aliphatic carboxylic acids is 1. The Balaban J connectivity index is 1.84. The fourth-order valence-electron chi connectivity index (χ4n) is 2.26. The lowest BCUT2D eigenvalue weighted by Gasteiger charge is -2.13. The molecule has 102 valence electrons. The van der Waals surface area contributed by atoms with Crippen molar-refractivity contribution in [1.82, 2.24) is 5.32 Å². The van der Waals surface area contributed by atoms with Gasteiger partial charge in [-0.15, -0.1) is 0 Å². The van der Waals surface area contributed by atoms with Crippen molar-refractivity contribution in [2.45, 2.75) is 25.3 Å². The van der Waals surface area contributed by atoms with Gasteiger partial charge < -0.3 is 15.7 Å². The first-order chi connectivity index (χ1) is 9.04. The SMILES string of the molecule is O=C(Nc1cccc(Cl)c1)NC1CCC(C(=O)O)C1. The van der Waals surface area contributed by atoms with Crippen LogP contribution in [0.4, 0.5) is 10.5 Å². The Bertz CT molecular complexity index is 493. The number of urea groups is 1. The maximum absolute atomic E-state index is 11.7. The van der Waals surface area contributed by atoms with Crippen LogP contribution < -0.4 is 10.6 Å². The monoisotopic (exact) mass is 282 g/mol. The van der Waals surface area contributed by atoms with Crippen LogP contribution in [0.3, 0.4) is 0 Å². The van der Waals surface area contributed by atoms with Crippen LogP contribution >= 0.6 is 11.6 Å². The zero-order chi connectivity index (χ0) is 13.8. The molecule has 0 heterocycles. The van der Waals surface area contributed by atoms with Crippen LogP contribution in [0.1, 0.15) is 19.3 Å². The average Bonchev–Trinajstić information content (AvgIpc) is 2.77. The summed E-state index contributed by atoms with van der Waals surface area (Å²) in [6.07, 6.45) is 1.79. The largest absolute Gasteiger partial charge is 0.481 e. The molecule has 1 saturated carbocycles. The van der Waals surface area contributed by atoms with E-state index in [1.54, 1.807) is 24.3 Å².